The van der Waals surface area contributed by atoms with E-state index < -0.39 is 22.8 Å². The molecule has 2 rings (SSSR count). The van der Waals surface area contributed by atoms with Crippen molar-refractivity contribution >= 4 is 23.3 Å². The van der Waals surface area contributed by atoms with E-state index in [0.29, 0.717) is 12.2 Å². The lowest BCUT2D eigenvalue weighted by atomic mass is 9.97. The number of carboxylic acid groups (broad SMARTS) is 1. The fourth-order valence-electron chi connectivity index (χ4n) is 2.85. The first-order valence-corrected chi connectivity index (χ1v) is 8.64. The maximum absolute atomic E-state index is 12.1. The summed E-state index contributed by atoms with van der Waals surface area (Å²) in [5.74, 6) is -1.54. The Kier molecular flexibility index (Phi) is 7.28. The minimum absolute atomic E-state index is 0.0786. The van der Waals surface area contributed by atoms with Gasteiger partial charge in [-0.25, -0.2) is 0 Å². The van der Waals surface area contributed by atoms with Crippen LogP contribution in [0.2, 0.25) is 0 Å². The van der Waals surface area contributed by atoms with Crippen molar-refractivity contribution in [3.05, 3.63) is 46.0 Å². The van der Waals surface area contributed by atoms with Crippen LogP contribution >= 0.6 is 0 Å². The van der Waals surface area contributed by atoms with Crippen LogP contribution in [0, 0.1) is 10.1 Å². The van der Waals surface area contributed by atoms with E-state index in [4.69, 9.17) is 0 Å². The summed E-state index contributed by atoms with van der Waals surface area (Å²) in [6.45, 7) is 0.508. The van der Waals surface area contributed by atoms with E-state index in [1.54, 1.807) is 0 Å². The van der Waals surface area contributed by atoms with E-state index >= 15 is 0 Å². The Morgan fingerprint density at radius 3 is 2.54 bits per heavy atom. The summed E-state index contributed by atoms with van der Waals surface area (Å²) in [5, 5.41) is 25.4. The number of rotatable bonds is 9. The minimum Gasteiger partial charge on any atom is -0.480 e. The SMILES string of the molecule is O=C(CC(NCCC1=CCCCC1)C(=O)O)Nc1ccc([N+](=O)[O-])cc1. The molecule has 0 aromatic heterocycles. The fourth-order valence-corrected chi connectivity index (χ4v) is 2.85. The summed E-state index contributed by atoms with van der Waals surface area (Å²) in [7, 11) is 0. The third kappa shape index (κ3) is 6.29. The molecular formula is C18H23N3O5. The number of nitro groups is 1. The monoisotopic (exact) mass is 361 g/mol. The molecule has 8 nitrogen and oxygen atoms in total. The molecule has 0 fully saturated rings. The zero-order chi connectivity index (χ0) is 18.9. The van der Waals surface area contributed by atoms with E-state index in [1.165, 1.54) is 42.7 Å². The number of aliphatic carboxylic acids is 1. The van der Waals surface area contributed by atoms with Crippen molar-refractivity contribution in [1.29, 1.82) is 0 Å². The molecule has 26 heavy (non-hydrogen) atoms. The van der Waals surface area contributed by atoms with Crippen molar-refractivity contribution in [3.8, 4) is 0 Å². The second-order valence-corrected chi connectivity index (χ2v) is 6.26. The number of carboxylic acids is 1. The maximum atomic E-state index is 12.1. The molecule has 1 unspecified atom stereocenters. The zero-order valence-corrected chi connectivity index (χ0v) is 14.4. The molecule has 0 spiro atoms. The van der Waals surface area contributed by atoms with Gasteiger partial charge in [0.05, 0.1) is 11.3 Å². The summed E-state index contributed by atoms with van der Waals surface area (Å²) in [4.78, 5) is 33.5. The normalized spacial score (nSPS) is 15.0. The Labute approximate surface area is 151 Å². The van der Waals surface area contributed by atoms with Gasteiger partial charge >= 0.3 is 5.97 Å². The highest BCUT2D eigenvalue weighted by molar-refractivity contribution is 5.94. The number of hydrogen-bond donors (Lipinski definition) is 3. The van der Waals surface area contributed by atoms with Crippen LogP contribution in [0.15, 0.2) is 35.9 Å². The summed E-state index contributed by atoms with van der Waals surface area (Å²) in [6, 6.07) is 4.40. The topological polar surface area (TPSA) is 122 Å². The van der Waals surface area contributed by atoms with Crippen LogP contribution in [0.4, 0.5) is 11.4 Å². The van der Waals surface area contributed by atoms with Gasteiger partial charge in [-0.15, -0.1) is 0 Å². The largest absolute Gasteiger partial charge is 0.480 e. The Balaban J connectivity index is 1.81. The van der Waals surface area contributed by atoms with Crippen molar-refractivity contribution in [1.82, 2.24) is 5.32 Å². The van der Waals surface area contributed by atoms with Crippen LogP contribution in [-0.4, -0.2) is 34.5 Å². The lowest BCUT2D eigenvalue weighted by molar-refractivity contribution is -0.384. The summed E-state index contributed by atoms with van der Waals surface area (Å²) >= 11 is 0. The summed E-state index contributed by atoms with van der Waals surface area (Å²) in [5.41, 5.74) is 1.64. The Morgan fingerprint density at radius 2 is 1.96 bits per heavy atom. The predicted octanol–water partition coefficient (Wildman–Crippen LogP) is 2.86. The van der Waals surface area contributed by atoms with Crippen molar-refractivity contribution in [2.45, 2.75) is 44.6 Å². The van der Waals surface area contributed by atoms with Gasteiger partial charge in [-0.05, 0) is 50.8 Å². The molecule has 0 bridgehead atoms. The van der Waals surface area contributed by atoms with Crippen LogP contribution in [0.5, 0.6) is 0 Å². The number of non-ortho nitro benzene ring substituents is 1. The van der Waals surface area contributed by atoms with Gasteiger partial charge in [0.2, 0.25) is 5.91 Å². The highest BCUT2D eigenvalue weighted by Gasteiger charge is 2.21. The quantitative estimate of drug-likeness (QED) is 0.353. The predicted molar refractivity (Wildman–Crippen MR) is 96.9 cm³/mol. The molecule has 1 aromatic carbocycles. The number of carbonyl (C=O) groups excluding carboxylic acids is 1. The van der Waals surface area contributed by atoms with Gasteiger partial charge in [0, 0.05) is 17.8 Å². The van der Waals surface area contributed by atoms with Crippen LogP contribution < -0.4 is 10.6 Å². The Hall–Kier alpha value is -2.74. The molecule has 0 saturated carbocycles. The number of amides is 1. The van der Waals surface area contributed by atoms with Crippen LogP contribution in [0.3, 0.4) is 0 Å². The Bertz CT molecular complexity index is 685. The molecule has 1 aliphatic rings. The average Bonchev–Trinajstić information content (AvgIpc) is 2.62. The number of hydrogen-bond acceptors (Lipinski definition) is 5. The van der Waals surface area contributed by atoms with E-state index in [2.05, 4.69) is 16.7 Å². The second-order valence-electron chi connectivity index (χ2n) is 6.26. The van der Waals surface area contributed by atoms with Crippen LogP contribution in [0.25, 0.3) is 0 Å². The Morgan fingerprint density at radius 1 is 1.23 bits per heavy atom. The molecule has 1 atom stereocenters. The van der Waals surface area contributed by atoms with Crippen molar-refractivity contribution in [3.63, 3.8) is 0 Å². The molecule has 0 saturated heterocycles. The van der Waals surface area contributed by atoms with E-state index in [0.717, 1.165) is 19.3 Å². The molecule has 8 heteroatoms. The number of nitrogens with zero attached hydrogens (tertiary/aromatic N) is 1. The van der Waals surface area contributed by atoms with E-state index in [9.17, 15) is 24.8 Å². The third-order valence-electron chi connectivity index (χ3n) is 4.27. The average molecular weight is 361 g/mol. The summed E-state index contributed by atoms with van der Waals surface area (Å²) < 4.78 is 0. The highest BCUT2D eigenvalue weighted by atomic mass is 16.6. The van der Waals surface area contributed by atoms with Gasteiger partial charge < -0.3 is 15.7 Å². The van der Waals surface area contributed by atoms with Gasteiger partial charge in [0.15, 0.2) is 0 Å². The first kappa shape index (κ1) is 19.6. The standard InChI is InChI=1S/C18H23N3O5/c22-17(20-14-6-8-15(9-7-14)21(25)26)12-16(18(23)24)19-11-10-13-4-2-1-3-5-13/h4,6-9,16,19H,1-3,5,10-12H2,(H,20,22)(H,23,24). The summed E-state index contributed by atoms with van der Waals surface area (Å²) in [6.07, 6.45) is 7.29. The number of carbonyl (C=O) groups is 2. The number of nitrogens with one attached hydrogen (secondary N) is 2. The molecule has 0 radical (unpaired) electrons. The third-order valence-corrected chi connectivity index (χ3v) is 4.27. The second kappa shape index (κ2) is 9.67. The molecule has 140 valence electrons. The minimum atomic E-state index is -1.08. The maximum Gasteiger partial charge on any atom is 0.321 e. The molecule has 3 N–H and O–H groups in total. The lowest BCUT2D eigenvalue weighted by Gasteiger charge is -2.16. The van der Waals surface area contributed by atoms with E-state index in [1.807, 2.05) is 0 Å². The molecule has 1 amide bonds. The number of anilines is 1. The van der Waals surface area contributed by atoms with Gasteiger partial charge in [-0.3, -0.25) is 19.7 Å². The van der Waals surface area contributed by atoms with Crippen molar-refractivity contribution < 1.29 is 19.6 Å². The lowest BCUT2D eigenvalue weighted by Crippen LogP contribution is -2.40. The van der Waals surface area contributed by atoms with Gasteiger partial charge in [-0.1, -0.05) is 11.6 Å². The number of nitro benzene ring substituents is 1. The number of allylic oxidation sites excluding steroid dienone is 1. The molecule has 1 aliphatic carbocycles. The van der Waals surface area contributed by atoms with Crippen LogP contribution in [-0.2, 0) is 9.59 Å². The zero-order valence-electron chi connectivity index (χ0n) is 14.4. The molecule has 0 aliphatic heterocycles. The fraction of sp³-hybridized carbons (Fsp3) is 0.444. The highest BCUT2D eigenvalue weighted by Crippen LogP contribution is 2.19. The van der Waals surface area contributed by atoms with Crippen LogP contribution in [0.1, 0.15) is 38.5 Å². The van der Waals surface area contributed by atoms with Gasteiger partial charge in [0.25, 0.3) is 5.69 Å². The van der Waals surface area contributed by atoms with Gasteiger partial charge in [0.1, 0.15) is 6.04 Å². The smallest absolute Gasteiger partial charge is 0.321 e. The molecule has 1 aromatic rings. The molecule has 0 heterocycles. The first-order valence-electron chi connectivity index (χ1n) is 8.64. The van der Waals surface area contributed by atoms with Gasteiger partial charge in [-0.2, -0.15) is 0 Å². The molecular weight excluding hydrogens is 338 g/mol. The van der Waals surface area contributed by atoms with Crippen molar-refractivity contribution in [2.75, 3.05) is 11.9 Å². The number of benzene rings is 1. The van der Waals surface area contributed by atoms with Crippen molar-refractivity contribution in [2.24, 2.45) is 0 Å². The van der Waals surface area contributed by atoms with E-state index in [-0.39, 0.29) is 12.1 Å². The first-order chi connectivity index (χ1) is 12.5.